The highest BCUT2D eigenvalue weighted by Crippen LogP contribution is 2.18. The van der Waals surface area contributed by atoms with E-state index in [4.69, 9.17) is 5.73 Å². The lowest BCUT2D eigenvalue weighted by Gasteiger charge is -2.20. The van der Waals surface area contributed by atoms with Crippen molar-refractivity contribution in [1.29, 1.82) is 0 Å². The van der Waals surface area contributed by atoms with Crippen molar-refractivity contribution in [1.82, 2.24) is 5.32 Å². The van der Waals surface area contributed by atoms with Crippen LogP contribution in [0.5, 0.6) is 0 Å². The number of amides is 3. The standard InChI is InChI=1S/C16H16BrN3O2/c1-11(21)20(15-4-2-3-14(18)9-15)16(22)19-10-12-5-7-13(17)8-6-12/h2-9H,10,18H2,1H3,(H,19,22). The minimum absolute atomic E-state index is 0.332. The minimum Gasteiger partial charge on any atom is -0.399 e. The molecule has 0 saturated heterocycles. The summed E-state index contributed by atoms with van der Waals surface area (Å²) in [4.78, 5) is 25.1. The molecule has 0 heterocycles. The molecule has 0 aliphatic heterocycles. The molecule has 114 valence electrons. The molecular weight excluding hydrogens is 346 g/mol. The van der Waals surface area contributed by atoms with Crippen molar-refractivity contribution in [3.8, 4) is 0 Å². The number of urea groups is 1. The molecule has 22 heavy (non-hydrogen) atoms. The molecule has 0 radical (unpaired) electrons. The number of halogens is 1. The number of nitrogens with two attached hydrogens (primary N) is 1. The number of rotatable bonds is 3. The van der Waals surface area contributed by atoms with Crippen LogP contribution in [0.1, 0.15) is 12.5 Å². The van der Waals surface area contributed by atoms with E-state index in [0.29, 0.717) is 17.9 Å². The summed E-state index contributed by atoms with van der Waals surface area (Å²) in [5.74, 6) is -0.376. The predicted molar refractivity (Wildman–Crippen MR) is 90.4 cm³/mol. The zero-order valence-corrected chi connectivity index (χ0v) is 13.6. The van der Waals surface area contributed by atoms with Crippen molar-refractivity contribution >= 4 is 39.2 Å². The van der Waals surface area contributed by atoms with E-state index < -0.39 is 6.03 Å². The zero-order chi connectivity index (χ0) is 16.1. The SMILES string of the molecule is CC(=O)N(C(=O)NCc1ccc(Br)cc1)c1cccc(N)c1. The molecule has 0 aromatic heterocycles. The fourth-order valence-corrected chi connectivity index (χ4v) is 2.23. The molecule has 2 aromatic carbocycles. The second-order valence-electron chi connectivity index (χ2n) is 4.73. The van der Waals surface area contributed by atoms with E-state index in [0.717, 1.165) is 14.9 Å². The van der Waals surface area contributed by atoms with Gasteiger partial charge in [-0.2, -0.15) is 0 Å². The molecule has 0 unspecified atom stereocenters. The van der Waals surface area contributed by atoms with Crippen LogP contribution in [0.4, 0.5) is 16.2 Å². The van der Waals surface area contributed by atoms with Crippen LogP contribution in [0.25, 0.3) is 0 Å². The average Bonchev–Trinajstić information content (AvgIpc) is 2.46. The Morgan fingerprint density at radius 1 is 1.18 bits per heavy atom. The third-order valence-corrected chi connectivity index (χ3v) is 3.53. The summed E-state index contributed by atoms with van der Waals surface area (Å²) in [6.07, 6.45) is 0. The zero-order valence-electron chi connectivity index (χ0n) is 12.0. The number of carbonyl (C=O) groups excluding carboxylic acids is 2. The van der Waals surface area contributed by atoms with Crippen molar-refractivity contribution in [3.63, 3.8) is 0 Å². The Hall–Kier alpha value is -2.34. The van der Waals surface area contributed by atoms with Gasteiger partial charge in [0.2, 0.25) is 5.91 Å². The monoisotopic (exact) mass is 361 g/mol. The van der Waals surface area contributed by atoms with Crippen LogP contribution in [-0.2, 0) is 11.3 Å². The van der Waals surface area contributed by atoms with Gasteiger partial charge in [-0.3, -0.25) is 4.79 Å². The third kappa shape index (κ3) is 4.08. The quantitative estimate of drug-likeness (QED) is 0.823. The molecule has 2 aromatic rings. The first-order chi connectivity index (χ1) is 10.5. The summed E-state index contributed by atoms with van der Waals surface area (Å²) in [6, 6.07) is 13.7. The van der Waals surface area contributed by atoms with Crippen LogP contribution >= 0.6 is 15.9 Å². The lowest BCUT2D eigenvalue weighted by atomic mass is 10.2. The fourth-order valence-electron chi connectivity index (χ4n) is 1.96. The lowest BCUT2D eigenvalue weighted by Crippen LogP contribution is -2.42. The summed E-state index contributed by atoms with van der Waals surface area (Å²) < 4.78 is 0.965. The topological polar surface area (TPSA) is 75.4 Å². The molecule has 5 nitrogen and oxygen atoms in total. The maximum atomic E-state index is 12.3. The van der Waals surface area contributed by atoms with Crippen molar-refractivity contribution in [3.05, 3.63) is 58.6 Å². The van der Waals surface area contributed by atoms with Gasteiger partial charge in [-0.1, -0.05) is 34.1 Å². The molecule has 2 rings (SSSR count). The van der Waals surface area contributed by atoms with Gasteiger partial charge < -0.3 is 11.1 Å². The van der Waals surface area contributed by atoms with E-state index in [1.54, 1.807) is 24.3 Å². The highest BCUT2D eigenvalue weighted by Gasteiger charge is 2.19. The third-order valence-electron chi connectivity index (χ3n) is 3.00. The van der Waals surface area contributed by atoms with E-state index >= 15 is 0 Å². The summed E-state index contributed by atoms with van der Waals surface area (Å²) in [7, 11) is 0. The lowest BCUT2D eigenvalue weighted by molar-refractivity contribution is -0.115. The summed E-state index contributed by atoms with van der Waals surface area (Å²) in [5, 5.41) is 2.73. The van der Waals surface area contributed by atoms with Crippen molar-refractivity contribution < 1.29 is 9.59 Å². The van der Waals surface area contributed by atoms with Crippen LogP contribution in [0.15, 0.2) is 53.0 Å². The van der Waals surface area contributed by atoms with E-state index in [9.17, 15) is 9.59 Å². The van der Waals surface area contributed by atoms with Crippen LogP contribution < -0.4 is 16.0 Å². The second-order valence-corrected chi connectivity index (χ2v) is 5.65. The van der Waals surface area contributed by atoms with E-state index in [2.05, 4.69) is 21.2 Å². The molecule has 0 saturated carbocycles. The Kier molecular flexibility index (Phi) is 5.16. The first-order valence-corrected chi connectivity index (χ1v) is 7.45. The Labute approximate surface area is 137 Å². The Balaban J connectivity index is 2.10. The normalized spacial score (nSPS) is 10.1. The van der Waals surface area contributed by atoms with E-state index in [1.807, 2.05) is 24.3 Å². The Morgan fingerprint density at radius 3 is 2.45 bits per heavy atom. The molecule has 0 fully saturated rings. The summed E-state index contributed by atoms with van der Waals surface area (Å²) >= 11 is 3.35. The number of nitrogen functional groups attached to an aromatic ring is 1. The molecule has 0 atom stereocenters. The van der Waals surface area contributed by atoms with Gasteiger partial charge in [0.1, 0.15) is 0 Å². The smallest absolute Gasteiger partial charge is 0.329 e. The second kappa shape index (κ2) is 7.09. The number of nitrogens with one attached hydrogen (secondary N) is 1. The number of imide groups is 1. The van der Waals surface area contributed by atoms with Crippen LogP contribution in [0.3, 0.4) is 0 Å². The van der Waals surface area contributed by atoms with Crippen LogP contribution in [-0.4, -0.2) is 11.9 Å². The Bertz CT molecular complexity index is 686. The fraction of sp³-hybridized carbons (Fsp3) is 0.125. The first-order valence-electron chi connectivity index (χ1n) is 6.66. The van der Waals surface area contributed by atoms with Crippen molar-refractivity contribution in [2.45, 2.75) is 13.5 Å². The molecular formula is C16H16BrN3O2. The molecule has 0 aliphatic carbocycles. The van der Waals surface area contributed by atoms with Gasteiger partial charge in [0.05, 0.1) is 5.69 Å². The number of carbonyl (C=O) groups is 2. The van der Waals surface area contributed by atoms with Gasteiger partial charge in [0.15, 0.2) is 0 Å². The maximum absolute atomic E-state index is 12.3. The van der Waals surface area contributed by atoms with Crippen LogP contribution in [0, 0.1) is 0 Å². The number of nitrogens with zero attached hydrogens (tertiary/aromatic N) is 1. The average molecular weight is 362 g/mol. The maximum Gasteiger partial charge on any atom is 0.329 e. The van der Waals surface area contributed by atoms with Gasteiger partial charge in [0, 0.05) is 23.6 Å². The van der Waals surface area contributed by atoms with Gasteiger partial charge >= 0.3 is 6.03 Å². The van der Waals surface area contributed by atoms with E-state index in [-0.39, 0.29) is 5.91 Å². The van der Waals surface area contributed by atoms with Crippen molar-refractivity contribution in [2.75, 3.05) is 10.6 Å². The van der Waals surface area contributed by atoms with Gasteiger partial charge in [-0.15, -0.1) is 0 Å². The first kappa shape index (κ1) is 16.0. The molecule has 0 spiro atoms. The molecule has 6 heteroatoms. The van der Waals surface area contributed by atoms with E-state index in [1.165, 1.54) is 6.92 Å². The summed E-state index contributed by atoms with van der Waals surface area (Å²) in [5.41, 5.74) is 7.57. The molecule has 0 aliphatic rings. The number of benzene rings is 2. The molecule has 3 amide bonds. The van der Waals surface area contributed by atoms with Gasteiger partial charge in [-0.05, 0) is 35.9 Å². The molecule has 0 bridgehead atoms. The molecule has 3 N–H and O–H groups in total. The number of hydrogen-bond acceptors (Lipinski definition) is 3. The minimum atomic E-state index is -0.485. The number of hydrogen-bond donors (Lipinski definition) is 2. The van der Waals surface area contributed by atoms with Crippen LogP contribution in [0.2, 0.25) is 0 Å². The Morgan fingerprint density at radius 2 is 1.86 bits per heavy atom. The van der Waals surface area contributed by atoms with Crippen molar-refractivity contribution in [2.24, 2.45) is 0 Å². The largest absolute Gasteiger partial charge is 0.399 e. The summed E-state index contributed by atoms with van der Waals surface area (Å²) in [6.45, 7) is 1.67. The highest BCUT2D eigenvalue weighted by molar-refractivity contribution is 9.10. The van der Waals surface area contributed by atoms with Gasteiger partial charge in [-0.25, -0.2) is 9.69 Å². The van der Waals surface area contributed by atoms with Gasteiger partial charge in [0.25, 0.3) is 0 Å². The number of anilines is 2. The predicted octanol–water partition coefficient (Wildman–Crippen LogP) is 3.29. The highest BCUT2D eigenvalue weighted by atomic mass is 79.9.